The van der Waals surface area contributed by atoms with Crippen molar-refractivity contribution < 1.29 is 4.39 Å². The monoisotopic (exact) mass is 281 g/mol. The molecule has 2 rings (SSSR count). The average molecular weight is 282 g/mol. The van der Waals surface area contributed by atoms with Gasteiger partial charge in [0.1, 0.15) is 12.0 Å². The number of aromatic nitrogens is 1. The molecule has 0 saturated carbocycles. The van der Waals surface area contributed by atoms with Gasteiger partial charge in [0.05, 0.1) is 6.54 Å². The van der Waals surface area contributed by atoms with E-state index in [2.05, 4.69) is 4.98 Å². The largest absolute Gasteiger partial charge is 0.354 e. The highest BCUT2D eigenvalue weighted by Crippen LogP contribution is 2.20. The smallest absolute Gasteiger partial charge is 0.128 e. The molecular weight excluding hydrogens is 264 g/mol. The molecule has 0 radical (unpaired) electrons. The number of rotatable bonds is 2. The van der Waals surface area contributed by atoms with Crippen molar-refractivity contribution in [3.63, 3.8) is 0 Å². The van der Waals surface area contributed by atoms with Gasteiger partial charge in [-0.1, -0.05) is 6.07 Å². The maximum Gasteiger partial charge on any atom is 0.128 e. The van der Waals surface area contributed by atoms with Gasteiger partial charge < -0.3 is 10.6 Å². The summed E-state index contributed by atoms with van der Waals surface area (Å²) in [6.07, 6.45) is 1.67. The van der Waals surface area contributed by atoms with Crippen LogP contribution in [0.4, 0.5) is 10.2 Å². The molecule has 1 saturated heterocycles. The Balaban J connectivity index is 0.00000128. The van der Waals surface area contributed by atoms with Gasteiger partial charge in [0.25, 0.3) is 0 Å². The van der Waals surface area contributed by atoms with Gasteiger partial charge in [-0.15, -0.1) is 24.8 Å². The number of anilines is 1. The minimum absolute atomic E-state index is 0. The van der Waals surface area contributed by atoms with Gasteiger partial charge in [-0.3, -0.25) is 0 Å². The first-order valence-electron chi connectivity index (χ1n) is 5.27. The van der Waals surface area contributed by atoms with Crippen LogP contribution >= 0.6 is 24.8 Å². The van der Waals surface area contributed by atoms with E-state index >= 15 is 0 Å². The summed E-state index contributed by atoms with van der Waals surface area (Å²) < 4.78 is 13.0. The van der Waals surface area contributed by atoms with Crippen LogP contribution in [0.15, 0.2) is 18.3 Å². The second-order valence-corrected chi connectivity index (χ2v) is 4.07. The fourth-order valence-electron chi connectivity index (χ4n) is 1.78. The molecule has 98 valence electrons. The molecule has 1 aliphatic heterocycles. The lowest BCUT2D eigenvalue weighted by Crippen LogP contribution is -2.21. The van der Waals surface area contributed by atoms with Crippen LogP contribution in [0.3, 0.4) is 0 Å². The van der Waals surface area contributed by atoms with Crippen LogP contribution in [0.25, 0.3) is 0 Å². The Morgan fingerprint density at radius 2 is 2.18 bits per heavy atom. The highest BCUT2D eigenvalue weighted by Gasteiger charge is 2.22. The van der Waals surface area contributed by atoms with Crippen LogP contribution in [0.5, 0.6) is 0 Å². The topological polar surface area (TPSA) is 42.1 Å². The minimum Gasteiger partial charge on any atom is -0.354 e. The summed E-state index contributed by atoms with van der Waals surface area (Å²) in [7, 11) is 0. The van der Waals surface area contributed by atoms with E-state index < -0.39 is 6.17 Å². The molecular formula is C11H18Cl2FN3. The number of hydrogen-bond donors (Lipinski definition) is 1. The van der Waals surface area contributed by atoms with Gasteiger partial charge in [-0.2, -0.15) is 0 Å². The van der Waals surface area contributed by atoms with E-state index in [1.54, 1.807) is 6.20 Å². The van der Waals surface area contributed by atoms with Gasteiger partial charge >= 0.3 is 0 Å². The maximum atomic E-state index is 13.0. The lowest BCUT2D eigenvalue weighted by atomic mass is 10.1. The minimum atomic E-state index is -0.708. The van der Waals surface area contributed by atoms with Crippen LogP contribution in [-0.4, -0.2) is 24.2 Å². The van der Waals surface area contributed by atoms with E-state index in [0.29, 0.717) is 13.0 Å². The highest BCUT2D eigenvalue weighted by atomic mass is 35.5. The molecule has 2 N–H and O–H groups in total. The SMILES string of the molecule is C[C@H](N)c1ccc(N2CC[C@@H](F)C2)nc1.Cl.Cl. The molecule has 2 heterocycles. The zero-order valence-electron chi connectivity index (χ0n) is 9.67. The third-order valence-corrected chi connectivity index (χ3v) is 2.75. The third kappa shape index (κ3) is 3.98. The van der Waals surface area contributed by atoms with E-state index in [4.69, 9.17) is 5.73 Å². The van der Waals surface area contributed by atoms with Gasteiger partial charge in [0, 0.05) is 18.8 Å². The maximum absolute atomic E-state index is 13.0. The fraction of sp³-hybridized carbons (Fsp3) is 0.545. The Hall–Kier alpha value is -0.580. The molecule has 3 nitrogen and oxygen atoms in total. The molecule has 0 aliphatic carbocycles. The summed E-state index contributed by atoms with van der Waals surface area (Å²) >= 11 is 0. The van der Waals surface area contributed by atoms with Crippen molar-refractivity contribution in [2.24, 2.45) is 5.73 Å². The predicted octanol–water partition coefficient (Wildman–Crippen LogP) is 2.49. The normalized spacial score (nSPS) is 20.4. The second-order valence-electron chi connectivity index (χ2n) is 4.07. The average Bonchev–Trinajstić information content (AvgIpc) is 2.65. The lowest BCUT2D eigenvalue weighted by Gasteiger charge is -2.16. The third-order valence-electron chi connectivity index (χ3n) is 2.75. The number of nitrogens with two attached hydrogens (primary N) is 1. The molecule has 1 aromatic rings. The van der Waals surface area contributed by atoms with Gasteiger partial charge in [-0.25, -0.2) is 9.37 Å². The summed E-state index contributed by atoms with van der Waals surface area (Å²) in [6, 6.07) is 3.87. The van der Waals surface area contributed by atoms with E-state index in [9.17, 15) is 4.39 Å². The molecule has 2 atom stereocenters. The number of nitrogens with zero attached hydrogens (tertiary/aromatic N) is 2. The van der Waals surface area contributed by atoms with Crippen molar-refractivity contribution in [3.05, 3.63) is 23.9 Å². The van der Waals surface area contributed by atoms with Crippen molar-refractivity contribution in [2.75, 3.05) is 18.0 Å². The van der Waals surface area contributed by atoms with Crippen LogP contribution < -0.4 is 10.6 Å². The lowest BCUT2D eigenvalue weighted by molar-refractivity contribution is 0.364. The molecule has 1 aromatic heterocycles. The Labute approximate surface area is 113 Å². The van der Waals surface area contributed by atoms with Gasteiger partial charge in [-0.05, 0) is 25.0 Å². The van der Waals surface area contributed by atoms with Crippen molar-refractivity contribution in [2.45, 2.75) is 25.6 Å². The Bertz CT molecular complexity index is 332. The molecule has 0 amide bonds. The van der Waals surface area contributed by atoms with Crippen molar-refractivity contribution >= 4 is 30.6 Å². The molecule has 0 unspecified atom stereocenters. The van der Waals surface area contributed by atoms with Crippen molar-refractivity contribution in [1.29, 1.82) is 0 Å². The summed E-state index contributed by atoms with van der Waals surface area (Å²) in [6.45, 7) is 3.14. The zero-order valence-corrected chi connectivity index (χ0v) is 11.3. The summed E-state index contributed by atoms with van der Waals surface area (Å²) in [5, 5.41) is 0. The van der Waals surface area contributed by atoms with Crippen molar-refractivity contribution in [1.82, 2.24) is 4.98 Å². The van der Waals surface area contributed by atoms with Crippen LogP contribution in [0, 0.1) is 0 Å². The van der Waals surface area contributed by atoms with Crippen LogP contribution in [0.1, 0.15) is 24.9 Å². The Kier molecular flexibility index (Phi) is 6.75. The van der Waals surface area contributed by atoms with Crippen LogP contribution in [-0.2, 0) is 0 Å². The molecule has 0 spiro atoms. The summed E-state index contributed by atoms with van der Waals surface area (Å²) in [5.41, 5.74) is 6.73. The number of hydrogen-bond acceptors (Lipinski definition) is 3. The predicted molar refractivity (Wildman–Crippen MR) is 73.1 cm³/mol. The highest BCUT2D eigenvalue weighted by molar-refractivity contribution is 5.85. The van der Waals surface area contributed by atoms with E-state index in [0.717, 1.165) is 17.9 Å². The first kappa shape index (κ1) is 16.4. The molecule has 6 heteroatoms. The molecule has 17 heavy (non-hydrogen) atoms. The standard InChI is InChI=1S/C11H16FN3.2ClH/c1-8(13)9-2-3-11(14-6-9)15-5-4-10(12)7-15;;/h2-3,6,8,10H,4-5,7,13H2,1H3;2*1H/t8-,10+;;/m0../s1. The Morgan fingerprint density at radius 1 is 1.47 bits per heavy atom. The molecule has 1 fully saturated rings. The number of pyridine rings is 1. The zero-order chi connectivity index (χ0) is 10.8. The van der Waals surface area contributed by atoms with Crippen LogP contribution in [0.2, 0.25) is 0 Å². The van der Waals surface area contributed by atoms with Gasteiger partial charge in [0.2, 0.25) is 0 Å². The Morgan fingerprint density at radius 3 is 2.59 bits per heavy atom. The first-order chi connectivity index (χ1) is 7.16. The quantitative estimate of drug-likeness (QED) is 0.906. The van der Waals surface area contributed by atoms with E-state index in [1.165, 1.54) is 0 Å². The fourth-order valence-corrected chi connectivity index (χ4v) is 1.78. The second kappa shape index (κ2) is 6.99. The summed E-state index contributed by atoms with van der Waals surface area (Å²) in [5.74, 6) is 0.847. The first-order valence-corrected chi connectivity index (χ1v) is 5.27. The molecule has 0 bridgehead atoms. The molecule has 1 aliphatic rings. The van der Waals surface area contributed by atoms with Crippen molar-refractivity contribution in [3.8, 4) is 0 Å². The molecule has 0 aromatic carbocycles. The number of alkyl halides is 1. The van der Waals surface area contributed by atoms with Gasteiger partial charge in [0.15, 0.2) is 0 Å². The van der Waals surface area contributed by atoms with E-state index in [1.807, 2.05) is 24.0 Å². The van der Waals surface area contributed by atoms with E-state index in [-0.39, 0.29) is 30.9 Å². The number of halogens is 3. The summed E-state index contributed by atoms with van der Waals surface area (Å²) in [4.78, 5) is 6.26.